The number of hydrogen-bond acceptors (Lipinski definition) is 4. The Morgan fingerprint density at radius 2 is 1.59 bits per heavy atom. The number of rotatable bonds is 5. The fourth-order valence-corrected chi connectivity index (χ4v) is 10.3. The van der Waals surface area contributed by atoms with E-state index < -0.39 is 5.79 Å². The highest BCUT2D eigenvalue weighted by Gasteiger charge is 2.69. The van der Waals surface area contributed by atoms with Crippen LogP contribution in [0.5, 0.6) is 0 Å². The predicted molar refractivity (Wildman–Crippen MR) is 141 cm³/mol. The van der Waals surface area contributed by atoms with Gasteiger partial charge in [-0.25, -0.2) is 0 Å². The highest BCUT2D eigenvalue weighted by Crippen LogP contribution is 2.69. The average molecular weight is 489 g/mol. The Hall–Kier alpha value is -0.320. The van der Waals surface area contributed by atoms with Gasteiger partial charge in [-0.3, -0.25) is 4.79 Å². The van der Waals surface area contributed by atoms with Gasteiger partial charge in [-0.05, 0) is 92.3 Å². The Bertz CT molecular complexity index is 835. The smallest absolute Gasteiger partial charge is 0.169 e. The predicted octanol–water partition coefficient (Wildman–Crippen LogP) is 7.40. The van der Waals surface area contributed by atoms with Crippen LogP contribution in [0.15, 0.2) is 0 Å². The standard InChI is InChI=1S/C30H48O3S/c1-17(2)9-8-10-18(3)19-11-12-20-25-21(13-14-29(19,20)6)30(7)16-24(34)23(31)15-22(30)26-27(25)33-28(4,5)32-26/h17-22,25-27H,8-16H2,1-7H3/t18-,19-,20+,21+,22-,25+,26-,27-,29-,30-/m1/s1. The number of hydrogen-bond donors (Lipinski definition) is 0. The molecule has 0 amide bonds. The lowest BCUT2D eigenvalue weighted by Gasteiger charge is -2.62. The number of Topliss-reactive ketones (excluding diaryl/α,β-unsaturated/α-hetero) is 1. The maximum absolute atomic E-state index is 12.7. The second-order valence-electron chi connectivity index (χ2n) is 14.2. The zero-order valence-corrected chi connectivity index (χ0v) is 23.5. The zero-order chi connectivity index (χ0) is 24.6. The molecule has 192 valence electrons. The summed E-state index contributed by atoms with van der Waals surface area (Å²) in [6, 6.07) is 0. The number of fused-ring (bicyclic) bond motifs is 8. The van der Waals surface area contributed by atoms with Gasteiger partial charge < -0.3 is 9.47 Å². The lowest BCUT2D eigenvalue weighted by molar-refractivity contribution is -0.174. The third kappa shape index (κ3) is 3.88. The molecule has 5 fully saturated rings. The van der Waals surface area contributed by atoms with Crippen LogP contribution in [0.4, 0.5) is 0 Å². The van der Waals surface area contributed by atoms with Crippen molar-refractivity contribution < 1.29 is 14.3 Å². The Balaban J connectivity index is 1.45. The monoisotopic (exact) mass is 488 g/mol. The summed E-state index contributed by atoms with van der Waals surface area (Å²) in [6.45, 7) is 16.5. The van der Waals surface area contributed by atoms with Crippen molar-refractivity contribution in [3.8, 4) is 0 Å². The number of carbonyl (C=O) groups excluding carboxylic acids is 1. The van der Waals surface area contributed by atoms with E-state index in [2.05, 4.69) is 48.5 Å². The number of ketones is 1. The molecule has 5 rings (SSSR count). The average Bonchev–Trinajstić information content (AvgIpc) is 3.25. The van der Waals surface area contributed by atoms with Crippen molar-refractivity contribution in [2.45, 2.75) is 124 Å². The minimum atomic E-state index is -0.567. The van der Waals surface area contributed by atoms with E-state index in [1.807, 2.05) is 0 Å². The van der Waals surface area contributed by atoms with E-state index in [4.69, 9.17) is 21.7 Å². The van der Waals surface area contributed by atoms with E-state index >= 15 is 0 Å². The Morgan fingerprint density at radius 3 is 2.29 bits per heavy atom. The summed E-state index contributed by atoms with van der Waals surface area (Å²) >= 11 is 5.63. The quantitative estimate of drug-likeness (QED) is 0.378. The molecule has 0 N–H and O–H groups in total. The van der Waals surface area contributed by atoms with Crippen molar-refractivity contribution in [3.63, 3.8) is 0 Å². The first kappa shape index (κ1) is 25.3. The van der Waals surface area contributed by atoms with E-state index in [1.165, 1.54) is 44.9 Å². The first-order valence-electron chi connectivity index (χ1n) is 14.3. The van der Waals surface area contributed by atoms with Crippen molar-refractivity contribution in [2.24, 2.45) is 52.3 Å². The molecule has 0 aromatic rings. The van der Waals surface area contributed by atoms with E-state index in [0.717, 1.165) is 24.2 Å². The maximum atomic E-state index is 12.7. The first-order valence-corrected chi connectivity index (χ1v) is 14.7. The summed E-state index contributed by atoms with van der Waals surface area (Å²) in [6.07, 6.45) is 10.8. The Morgan fingerprint density at radius 1 is 0.912 bits per heavy atom. The number of carbonyl (C=O) groups is 1. The van der Waals surface area contributed by atoms with Gasteiger partial charge in [0.25, 0.3) is 0 Å². The van der Waals surface area contributed by atoms with Gasteiger partial charge in [-0.1, -0.05) is 66.1 Å². The van der Waals surface area contributed by atoms with E-state index in [9.17, 15) is 4.79 Å². The van der Waals surface area contributed by atoms with Gasteiger partial charge in [0, 0.05) is 12.3 Å². The van der Waals surface area contributed by atoms with Crippen LogP contribution in [0.3, 0.4) is 0 Å². The molecule has 4 aliphatic carbocycles. The van der Waals surface area contributed by atoms with Gasteiger partial charge in [-0.15, -0.1) is 0 Å². The SMILES string of the molecule is CC(C)CCC[C@@H](C)[C@H]1CC[C@H]2[C@@H]3[C@H]4OC(C)(C)O[C@@H]4[C@H]4CC(=O)C(=S)C[C@]4(C)[C@H]3CC[C@]12C. The first-order chi connectivity index (χ1) is 15.9. The van der Waals surface area contributed by atoms with Crippen molar-refractivity contribution in [2.75, 3.05) is 0 Å². The van der Waals surface area contributed by atoms with Crippen molar-refractivity contribution in [1.82, 2.24) is 0 Å². The molecule has 1 saturated heterocycles. The van der Waals surface area contributed by atoms with Crippen LogP contribution in [-0.2, 0) is 14.3 Å². The minimum Gasteiger partial charge on any atom is -0.344 e. The summed E-state index contributed by atoms with van der Waals surface area (Å²) in [7, 11) is 0. The molecule has 0 aromatic heterocycles. The fraction of sp³-hybridized carbons (Fsp3) is 0.933. The molecule has 1 heterocycles. The van der Waals surface area contributed by atoms with E-state index in [0.29, 0.717) is 34.5 Å². The molecule has 4 saturated carbocycles. The lowest BCUT2D eigenvalue weighted by atomic mass is 9.43. The molecule has 34 heavy (non-hydrogen) atoms. The molecule has 0 aromatic carbocycles. The normalized spacial score (nSPS) is 48.3. The summed E-state index contributed by atoms with van der Waals surface area (Å²) in [4.78, 5) is 13.4. The van der Waals surface area contributed by atoms with Crippen LogP contribution < -0.4 is 0 Å². The Labute approximate surface area is 213 Å². The molecule has 0 unspecified atom stereocenters. The van der Waals surface area contributed by atoms with Gasteiger partial charge in [-0.2, -0.15) is 0 Å². The molecule has 0 spiro atoms. The molecule has 0 radical (unpaired) electrons. The molecule has 1 aliphatic heterocycles. The van der Waals surface area contributed by atoms with Gasteiger partial charge in [0.15, 0.2) is 11.6 Å². The van der Waals surface area contributed by atoms with Gasteiger partial charge >= 0.3 is 0 Å². The Kier molecular flexibility index (Phi) is 6.42. The molecule has 5 aliphatic rings. The molecular formula is C30H48O3S. The maximum Gasteiger partial charge on any atom is 0.169 e. The van der Waals surface area contributed by atoms with Gasteiger partial charge in [0.2, 0.25) is 0 Å². The third-order valence-corrected chi connectivity index (χ3v) is 11.8. The van der Waals surface area contributed by atoms with Gasteiger partial charge in [0.1, 0.15) is 0 Å². The minimum absolute atomic E-state index is 0.0261. The summed E-state index contributed by atoms with van der Waals surface area (Å²) in [5.74, 6) is 4.06. The number of thiocarbonyl (C=S) groups is 1. The lowest BCUT2D eigenvalue weighted by Crippen LogP contribution is -2.64. The van der Waals surface area contributed by atoms with Gasteiger partial charge in [0.05, 0.1) is 17.1 Å². The van der Waals surface area contributed by atoms with Crippen LogP contribution in [0, 0.1) is 52.3 Å². The third-order valence-electron chi connectivity index (χ3n) is 11.4. The van der Waals surface area contributed by atoms with Crippen LogP contribution in [0.25, 0.3) is 0 Å². The van der Waals surface area contributed by atoms with Crippen molar-refractivity contribution in [3.05, 3.63) is 0 Å². The number of ether oxygens (including phenoxy) is 2. The molecule has 10 atom stereocenters. The topological polar surface area (TPSA) is 35.5 Å². The van der Waals surface area contributed by atoms with Crippen LogP contribution in [0.2, 0.25) is 0 Å². The highest BCUT2D eigenvalue weighted by molar-refractivity contribution is 7.82. The fourth-order valence-electron chi connectivity index (χ4n) is 9.89. The molecule has 0 bridgehead atoms. The van der Waals surface area contributed by atoms with Crippen LogP contribution in [0.1, 0.15) is 106 Å². The van der Waals surface area contributed by atoms with Crippen LogP contribution in [-0.4, -0.2) is 28.6 Å². The highest BCUT2D eigenvalue weighted by atomic mass is 32.1. The molecular weight excluding hydrogens is 440 g/mol. The zero-order valence-electron chi connectivity index (χ0n) is 22.7. The van der Waals surface area contributed by atoms with Crippen molar-refractivity contribution >= 4 is 22.9 Å². The summed E-state index contributed by atoms with van der Waals surface area (Å²) in [5, 5.41) is 0. The summed E-state index contributed by atoms with van der Waals surface area (Å²) < 4.78 is 13.4. The summed E-state index contributed by atoms with van der Waals surface area (Å²) in [5.41, 5.74) is 0.455. The van der Waals surface area contributed by atoms with Crippen molar-refractivity contribution in [1.29, 1.82) is 0 Å². The second kappa shape index (κ2) is 8.62. The largest absolute Gasteiger partial charge is 0.344 e. The molecule has 3 nitrogen and oxygen atoms in total. The second-order valence-corrected chi connectivity index (χ2v) is 14.7. The molecule has 4 heteroatoms. The van der Waals surface area contributed by atoms with E-state index in [1.54, 1.807) is 0 Å². The van der Waals surface area contributed by atoms with Crippen LogP contribution >= 0.6 is 12.2 Å². The van der Waals surface area contributed by atoms with E-state index in [-0.39, 0.29) is 29.3 Å².